The first-order valence-electron chi connectivity index (χ1n) is 3.11. The van der Waals surface area contributed by atoms with Gasteiger partial charge in [-0.2, -0.15) is 13.2 Å². The molecule has 0 spiro atoms. The van der Waals surface area contributed by atoms with Crippen molar-refractivity contribution in [3.05, 3.63) is 22.7 Å². The van der Waals surface area contributed by atoms with Gasteiger partial charge in [-0.1, -0.05) is 34.2 Å². The molecule has 0 saturated heterocycles. The van der Waals surface area contributed by atoms with E-state index in [9.17, 15) is 13.2 Å². The van der Waals surface area contributed by atoms with Crippen molar-refractivity contribution in [3.8, 4) is 0 Å². The Labute approximate surface area is 70.9 Å². The molecule has 1 aliphatic carbocycles. The van der Waals surface area contributed by atoms with Gasteiger partial charge in [-0.25, -0.2) is 0 Å². The molecular formula is C7H6BrF3. The second-order valence-electron chi connectivity index (χ2n) is 2.33. The van der Waals surface area contributed by atoms with E-state index in [0.717, 1.165) is 4.48 Å². The Bertz CT molecular complexity index is 202. The molecule has 0 aliphatic heterocycles. The van der Waals surface area contributed by atoms with Gasteiger partial charge in [-0.3, -0.25) is 0 Å². The van der Waals surface area contributed by atoms with Crippen molar-refractivity contribution in [2.24, 2.45) is 5.92 Å². The van der Waals surface area contributed by atoms with Crippen LogP contribution in [0.25, 0.3) is 0 Å². The zero-order chi connectivity index (χ0) is 8.48. The SMILES string of the molecule is FC(F)(F)C1C=CC(Br)=CC1. The second kappa shape index (κ2) is 3.01. The molecule has 1 rings (SSSR count). The van der Waals surface area contributed by atoms with Crippen LogP contribution in [0.15, 0.2) is 22.7 Å². The van der Waals surface area contributed by atoms with E-state index in [1.807, 2.05) is 0 Å². The fourth-order valence-corrected chi connectivity index (χ4v) is 1.18. The van der Waals surface area contributed by atoms with Gasteiger partial charge in [-0.15, -0.1) is 0 Å². The summed E-state index contributed by atoms with van der Waals surface area (Å²) in [4.78, 5) is 0. The molecule has 1 unspecified atom stereocenters. The lowest BCUT2D eigenvalue weighted by Crippen LogP contribution is -2.21. The highest BCUT2D eigenvalue weighted by molar-refractivity contribution is 9.11. The third-order valence-corrected chi connectivity index (χ3v) is 2.06. The molecule has 0 aromatic heterocycles. The standard InChI is InChI=1S/C7H6BrF3/c8-6-3-1-5(2-4-6)7(9,10)11/h1,3-5H,2H2. The topological polar surface area (TPSA) is 0 Å². The molecule has 0 N–H and O–H groups in total. The van der Waals surface area contributed by atoms with Crippen LogP contribution in [0.2, 0.25) is 0 Å². The molecule has 0 radical (unpaired) electrons. The number of rotatable bonds is 0. The maximum Gasteiger partial charge on any atom is 0.395 e. The van der Waals surface area contributed by atoms with Crippen molar-refractivity contribution in [3.63, 3.8) is 0 Å². The van der Waals surface area contributed by atoms with E-state index in [4.69, 9.17) is 0 Å². The summed E-state index contributed by atoms with van der Waals surface area (Å²) >= 11 is 3.09. The minimum Gasteiger partial charge on any atom is -0.170 e. The van der Waals surface area contributed by atoms with Gasteiger partial charge < -0.3 is 0 Å². The molecule has 0 amide bonds. The largest absolute Gasteiger partial charge is 0.395 e. The van der Waals surface area contributed by atoms with Crippen molar-refractivity contribution in [1.82, 2.24) is 0 Å². The highest BCUT2D eigenvalue weighted by Crippen LogP contribution is 2.33. The van der Waals surface area contributed by atoms with Crippen molar-refractivity contribution < 1.29 is 13.2 Å². The summed E-state index contributed by atoms with van der Waals surface area (Å²) in [6.45, 7) is 0. The Morgan fingerprint density at radius 1 is 1.45 bits per heavy atom. The molecule has 0 nitrogen and oxygen atoms in total. The van der Waals surface area contributed by atoms with Crippen LogP contribution in [0.3, 0.4) is 0 Å². The van der Waals surface area contributed by atoms with E-state index in [2.05, 4.69) is 15.9 Å². The Morgan fingerprint density at radius 3 is 2.45 bits per heavy atom. The first kappa shape index (κ1) is 8.84. The molecule has 0 saturated carbocycles. The Morgan fingerprint density at radius 2 is 2.09 bits per heavy atom. The summed E-state index contributed by atoms with van der Waals surface area (Å²) in [5.41, 5.74) is 0. The van der Waals surface area contributed by atoms with Crippen molar-refractivity contribution in [1.29, 1.82) is 0 Å². The first-order valence-corrected chi connectivity index (χ1v) is 3.90. The Balaban J connectivity index is 2.63. The molecule has 1 atom stereocenters. The zero-order valence-corrected chi connectivity index (χ0v) is 7.11. The lowest BCUT2D eigenvalue weighted by atomic mass is 10.0. The zero-order valence-electron chi connectivity index (χ0n) is 5.53. The van der Waals surface area contributed by atoms with Crippen molar-refractivity contribution in [2.45, 2.75) is 12.6 Å². The molecule has 0 bridgehead atoms. The van der Waals surface area contributed by atoms with Gasteiger partial charge in [0.25, 0.3) is 0 Å². The predicted octanol–water partition coefficient (Wildman–Crippen LogP) is 3.40. The normalized spacial score (nSPS) is 25.1. The summed E-state index contributed by atoms with van der Waals surface area (Å²) in [5, 5.41) is 0. The minimum absolute atomic E-state index is 0.0422. The van der Waals surface area contributed by atoms with Crippen LogP contribution < -0.4 is 0 Å². The number of allylic oxidation sites excluding steroid dienone is 4. The predicted molar refractivity (Wildman–Crippen MR) is 40.3 cm³/mol. The summed E-state index contributed by atoms with van der Waals surface area (Å²) in [5.74, 6) is -1.30. The van der Waals surface area contributed by atoms with Crippen LogP contribution in [0, 0.1) is 5.92 Å². The average molecular weight is 227 g/mol. The molecule has 62 valence electrons. The van der Waals surface area contributed by atoms with Gasteiger partial charge in [0.2, 0.25) is 0 Å². The number of hydrogen-bond acceptors (Lipinski definition) is 0. The van der Waals surface area contributed by atoms with Gasteiger partial charge in [-0.05, 0) is 6.42 Å². The number of alkyl halides is 3. The van der Waals surface area contributed by atoms with Gasteiger partial charge >= 0.3 is 6.18 Å². The van der Waals surface area contributed by atoms with E-state index >= 15 is 0 Å². The van der Waals surface area contributed by atoms with Crippen molar-refractivity contribution in [2.75, 3.05) is 0 Å². The van der Waals surface area contributed by atoms with E-state index in [0.29, 0.717) is 0 Å². The second-order valence-corrected chi connectivity index (χ2v) is 3.25. The quantitative estimate of drug-likeness (QED) is 0.594. The van der Waals surface area contributed by atoms with Gasteiger partial charge in [0.05, 0.1) is 5.92 Å². The van der Waals surface area contributed by atoms with Crippen LogP contribution in [-0.2, 0) is 0 Å². The number of halogens is 4. The van der Waals surface area contributed by atoms with Gasteiger partial charge in [0, 0.05) is 4.48 Å². The van der Waals surface area contributed by atoms with Crippen LogP contribution in [-0.4, -0.2) is 6.18 Å². The van der Waals surface area contributed by atoms with Gasteiger partial charge in [0.1, 0.15) is 0 Å². The average Bonchev–Trinajstić information content (AvgIpc) is 1.86. The lowest BCUT2D eigenvalue weighted by Gasteiger charge is -2.17. The van der Waals surface area contributed by atoms with Crippen LogP contribution >= 0.6 is 15.9 Å². The monoisotopic (exact) mass is 226 g/mol. The van der Waals surface area contributed by atoms with E-state index in [-0.39, 0.29) is 6.42 Å². The van der Waals surface area contributed by atoms with Gasteiger partial charge in [0.15, 0.2) is 0 Å². The maximum atomic E-state index is 12.0. The molecule has 0 aromatic rings. The fraction of sp³-hybridized carbons (Fsp3) is 0.429. The van der Waals surface area contributed by atoms with Crippen LogP contribution in [0.1, 0.15) is 6.42 Å². The van der Waals surface area contributed by atoms with E-state index in [1.54, 1.807) is 0 Å². The summed E-state index contributed by atoms with van der Waals surface area (Å²) in [6, 6.07) is 0. The molecule has 0 heterocycles. The van der Waals surface area contributed by atoms with E-state index in [1.165, 1.54) is 18.2 Å². The fourth-order valence-electron chi connectivity index (χ4n) is 0.837. The molecular weight excluding hydrogens is 221 g/mol. The maximum absolute atomic E-state index is 12.0. The molecule has 1 aliphatic rings. The summed E-state index contributed by atoms with van der Waals surface area (Å²) in [6.07, 6.45) is 0.0746. The third kappa shape index (κ3) is 2.36. The Kier molecular flexibility index (Phi) is 2.42. The first-order chi connectivity index (χ1) is 5.00. The highest BCUT2D eigenvalue weighted by Gasteiger charge is 2.37. The molecule has 0 aromatic carbocycles. The minimum atomic E-state index is -4.10. The lowest BCUT2D eigenvalue weighted by molar-refractivity contribution is -0.160. The summed E-state index contributed by atoms with van der Waals surface area (Å²) < 4.78 is 36.6. The van der Waals surface area contributed by atoms with Crippen molar-refractivity contribution >= 4 is 15.9 Å². The Hall–Kier alpha value is -0.250. The van der Waals surface area contributed by atoms with Crippen LogP contribution in [0.5, 0.6) is 0 Å². The van der Waals surface area contributed by atoms with E-state index < -0.39 is 12.1 Å². The molecule has 4 heteroatoms. The molecule has 11 heavy (non-hydrogen) atoms. The molecule has 0 fully saturated rings. The smallest absolute Gasteiger partial charge is 0.170 e. The third-order valence-electron chi connectivity index (χ3n) is 1.47. The summed E-state index contributed by atoms with van der Waals surface area (Å²) in [7, 11) is 0. The van der Waals surface area contributed by atoms with Crippen LogP contribution in [0.4, 0.5) is 13.2 Å². The number of hydrogen-bond donors (Lipinski definition) is 0. The highest BCUT2D eigenvalue weighted by atomic mass is 79.9.